The summed E-state index contributed by atoms with van der Waals surface area (Å²) in [5, 5.41) is 0. The van der Waals surface area contributed by atoms with Gasteiger partial charge in [0, 0.05) is 20.1 Å². The van der Waals surface area contributed by atoms with Crippen LogP contribution < -0.4 is 20.7 Å². The number of methoxy groups -OCH3 is 1. The summed E-state index contributed by atoms with van der Waals surface area (Å²) >= 11 is 0. The molecule has 0 aliphatic heterocycles. The van der Waals surface area contributed by atoms with Crippen molar-refractivity contribution in [2.45, 2.75) is 52.1 Å². The molecule has 0 radical (unpaired) electrons. The highest BCUT2D eigenvalue weighted by molar-refractivity contribution is 5.69. The van der Waals surface area contributed by atoms with Gasteiger partial charge in [-0.05, 0) is 43.5 Å². The molecule has 0 unspecified atom stereocenters. The van der Waals surface area contributed by atoms with Crippen molar-refractivity contribution in [2.75, 3.05) is 13.7 Å². The highest BCUT2D eigenvalue weighted by Gasteiger charge is 2.15. The number of hydrogen-bond acceptors (Lipinski definition) is 5. The van der Waals surface area contributed by atoms with Crippen molar-refractivity contribution >= 4 is 11.2 Å². The van der Waals surface area contributed by atoms with Crippen LogP contribution in [0.25, 0.3) is 11.2 Å². The Morgan fingerprint density at radius 2 is 1.67 bits per heavy atom. The monoisotopic (exact) mass is 414 g/mol. The standard InChI is InChI=1S/C22H30N4O4/c1-4-13-25-16-23-20-19(25)21(27)26(22(28)24(20)2)14-7-5-6-8-15-30-18-11-9-17(29-3)10-12-18/h9-12,16H,4-8,13-15H2,1-3H3. The molecule has 0 bridgehead atoms. The van der Waals surface area contributed by atoms with Crippen molar-refractivity contribution in [2.24, 2.45) is 7.05 Å². The first kappa shape index (κ1) is 21.7. The molecule has 0 atom stereocenters. The number of benzene rings is 1. The molecule has 8 heteroatoms. The summed E-state index contributed by atoms with van der Waals surface area (Å²) in [7, 11) is 3.30. The van der Waals surface area contributed by atoms with Crippen molar-refractivity contribution in [3.8, 4) is 11.5 Å². The normalized spacial score (nSPS) is 11.2. The molecule has 0 N–H and O–H groups in total. The lowest BCUT2D eigenvalue weighted by Gasteiger charge is -2.10. The lowest BCUT2D eigenvalue weighted by molar-refractivity contribution is 0.303. The molecule has 0 spiro atoms. The predicted molar refractivity (Wildman–Crippen MR) is 116 cm³/mol. The van der Waals surface area contributed by atoms with Gasteiger partial charge in [-0.25, -0.2) is 9.78 Å². The third-order valence-electron chi connectivity index (χ3n) is 5.17. The highest BCUT2D eigenvalue weighted by atomic mass is 16.5. The minimum atomic E-state index is -0.308. The van der Waals surface area contributed by atoms with Crippen molar-refractivity contribution in [1.82, 2.24) is 18.7 Å². The van der Waals surface area contributed by atoms with Crippen LogP contribution in [-0.4, -0.2) is 32.4 Å². The Morgan fingerprint density at radius 1 is 0.967 bits per heavy atom. The predicted octanol–water partition coefficient (Wildman–Crippen LogP) is 2.95. The maximum absolute atomic E-state index is 12.9. The van der Waals surface area contributed by atoms with Gasteiger partial charge in [0.1, 0.15) is 11.5 Å². The average Bonchev–Trinajstić information content (AvgIpc) is 3.18. The molecule has 2 aromatic heterocycles. The van der Waals surface area contributed by atoms with E-state index >= 15 is 0 Å². The minimum Gasteiger partial charge on any atom is -0.497 e. The molecule has 0 aliphatic rings. The fraction of sp³-hybridized carbons (Fsp3) is 0.500. The van der Waals surface area contributed by atoms with E-state index in [0.29, 0.717) is 30.9 Å². The van der Waals surface area contributed by atoms with Crippen LogP contribution in [0.1, 0.15) is 39.0 Å². The Kier molecular flexibility index (Phi) is 7.32. The van der Waals surface area contributed by atoms with Crippen molar-refractivity contribution in [1.29, 1.82) is 0 Å². The second-order valence-corrected chi connectivity index (χ2v) is 7.35. The third kappa shape index (κ3) is 4.75. The van der Waals surface area contributed by atoms with Crippen LogP contribution in [0, 0.1) is 0 Å². The number of unbranched alkanes of at least 4 members (excludes halogenated alkanes) is 3. The molecule has 8 nitrogen and oxygen atoms in total. The van der Waals surface area contributed by atoms with E-state index < -0.39 is 0 Å². The van der Waals surface area contributed by atoms with Gasteiger partial charge in [0.25, 0.3) is 5.56 Å². The van der Waals surface area contributed by atoms with E-state index in [1.807, 2.05) is 35.8 Å². The van der Waals surface area contributed by atoms with Crippen LogP contribution in [0.4, 0.5) is 0 Å². The Hall–Kier alpha value is -3.03. The van der Waals surface area contributed by atoms with Gasteiger partial charge in [-0.2, -0.15) is 0 Å². The van der Waals surface area contributed by atoms with E-state index in [2.05, 4.69) is 4.98 Å². The third-order valence-corrected chi connectivity index (χ3v) is 5.17. The molecule has 0 saturated carbocycles. The van der Waals surface area contributed by atoms with E-state index in [-0.39, 0.29) is 11.2 Å². The van der Waals surface area contributed by atoms with Crippen LogP contribution in [0.2, 0.25) is 0 Å². The van der Waals surface area contributed by atoms with E-state index in [1.54, 1.807) is 20.5 Å². The molecule has 2 heterocycles. The number of imidazole rings is 1. The summed E-state index contributed by atoms with van der Waals surface area (Å²) < 4.78 is 15.5. The topological polar surface area (TPSA) is 80.3 Å². The lowest BCUT2D eigenvalue weighted by Crippen LogP contribution is -2.39. The van der Waals surface area contributed by atoms with Crippen LogP contribution in [0.15, 0.2) is 40.2 Å². The number of aromatic nitrogens is 4. The van der Waals surface area contributed by atoms with E-state index in [4.69, 9.17) is 9.47 Å². The van der Waals surface area contributed by atoms with Gasteiger partial charge in [0.15, 0.2) is 11.2 Å². The number of hydrogen-bond donors (Lipinski definition) is 0. The van der Waals surface area contributed by atoms with Crippen LogP contribution in [0.5, 0.6) is 11.5 Å². The number of nitrogens with zero attached hydrogens (tertiary/aromatic N) is 4. The molecule has 3 aromatic rings. The van der Waals surface area contributed by atoms with Crippen molar-refractivity contribution in [3.05, 3.63) is 51.4 Å². The maximum atomic E-state index is 12.9. The number of rotatable bonds is 11. The van der Waals surface area contributed by atoms with Gasteiger partial charge >= 0.3 is 5.69 Å². The first-order chi connectivity index (χ1) is 14.6. The van der Waals surface area contributed by atoms with Gasteiger partial charge in [-0.15, -0.1) is 0 Å². The molecule has 0 fully saturated rings. The molecule has 162 valence electrons. The molecule has 1 aromatic carbocycles. The maximum Gasteiger partial charge on any atom is 0.332 e. The lowest BCUT2D eigenvalue weighted by atomic mass is 10.2. The van der Waals surface area contributed by atoms with Gasteiger partial charge < -0.3 is 14.0 Å². The zero-order valence-electron chi connectivity index (χ0n) is 18.0. The summed E-state index contributed by atoms with van der Waals surface area (Å²) in [4.78, 5) is 29.7. The summed E-state index contributed by atoms with van der Waals surface area (Å²) in [6.07, 6.45) is 6.12. The van der Waals surface area contributed by atoms with Crippen molar-refractivity contribution in [3.63, 3.8) is 0 Å². The van der Waals surface area contributed by atoms with Gasteiger partial charge in [-0.1, -0.05) is 19.8 Å². The smallest absolute Gasteiger partial charge is 0.332 e. The minimum absolute atomic E-state index is 0.248. The van der Waals surface area contributed by atoms with E-state index in [9.17, 15) is 9.59 Å². The zero-order valence-corrected chi connectivity index (χ0v) is 18.0. The highest BCUT2D eigenvalue weighted by Crippen LogP contribution is 2.17. The molecule has 3 rings (SSSR count). The first-order valence-corrected chi connectivity index (χ1v) is 10.5. The summed E-state index contributed by atoms with van der Waals surface area (Å²) in [5.41, 5.74) is 0.399. The van der Waals surface area contributed by atoms with Crippen molar-refractivity contribution < 1.29 is 9.47 Å². The second kappa shape index (κ2) is 10.1. The average molecular weight is 415 g/mol. The fourth-order valence-corrected chi connectivity index (χ4v) is 3.52. The van der Waals surface area contributed by atoms with E-state index in [0.717, 1.165) is 43.6 Å². The first-order valence-electron chi connectivity index (χ1n) is 10.5. The van der Waals surface area contributed by atoms with Crippen LogP contribution in [-0.2, 0) is 20.1 Å². The Bertz CT molecular complexity index is 1080. The quantitative estimate of drug-likeness (QED) is 0.451. The molecule has 0 aliphatic carbocycles. The van der Waals surface area contributed by atoms with Gasteiger partial charge in [0.05, 0.1) is 20.0 Å². The Labute approximate surface area is 175 Å². The Balaban J connectivity index is 1.51. The molecular formula is C22H30N4O4. The molecule has 0 amide bonds. The van der Waals surface area contributed by atoms with E-state index in [1.165, 1.54) is 9.13 Å². The fourth-order valence-electron chi connectivity index (χ4n) is 3.52. The van der Waals surface area contributed by atoms with Crippen LogP contribution in [0.3, 0.4) is 0 Å². The van der Waals surface area contributed by atoms with Gasteiger partial charge in [0.2, 0.25) is 0 Å². The van der Waals surface area contributed by atoms with Crippen LogP contribution >= 0.6 is 0 Å². The number of ether oxygens (including phenoxy) is 2. The summed E-state index contributed by atoms with van der Waals surface area (Å²) in [6, 6.07) is 7.52. The zero-order chi connectivity index (χ0) is 21.5. The Morgan fingerprint density at radius 3 is 2.37 bits per heavy atom. The SMILES string of the molecule is CCCn1cnc2c1c(=O)n(CCCCCCOc1ccc(OC)cc1)c(=O)n2C. The second-order valence-electron chi connectivity index (χ2n) is 7.35. The molecule has 30 heavy (non-hydrogen) atoms. The molecule has 0 saturated heterocycles. The largest absolute Gasteiger partial charge is 0.497 e. The summed E-state index contributed by atoms with van der Waals surface area (Å²) in [5.74, 6) is 1.63. The van der Waals surface area contributed by atoms with Gasteiger partial charge in [-0.3, -0.25) is 13.9 Å². The number of aryl methyl sites for hydroxylation is 2. The number of fused-ring (bicyclic) bond motifs is 1. The summed E-state index contributed by atoms with van der Waals surface area (Å²) in [6.45, 7) is 3.80. The molecular weight excluding hydrogens is 384 g/mol.